The summed E-state index contributed by atoms with van der Waals surface area (Å²) in [6.45, 7) is 4.84. The molecule has 1 aromatic rings. The average molecular weight is 331 g/mol. The van der Waals surface area contributed by atoms with Crippen LogP contribution in [0.25, 0.3) is 0 Å². The van der Waals surface area contributed by atoms with Crippen LogP contribution in [0.4, 0.5) is 18.9 Å². The Morgan fingerprint density at radius 3 is 2.30 bits per heavy atom. The Balaban J connectivity index is 2.29. The Bertz CT molecular complexity index is 611. The number of non-ortho nitro benzene ring substituents is 1. The third kappa shape index (κ3) is 3.98. The van der Waals surface area contributed by atoms with Gasteiger partial charge in [0.25, 0.3) is 11.6 Å². The Kier molecular flexibility index (Phi) is 4.88. The molecule has 1 fully saturated rings. The second-order valence-electron chi connectivity index (χ2n) is 5.25. The van der Waals surface area contributed by atoms with Crippen LogP contribution < -0.4 is 0 Å². The molecule has 0 aliphatic carbocycles. The van der Waals surface area contributed by atoms with Crippen molar-refractivity contribution in [1.29, 1.82) is 0 Å². The average Bonchev–Trinajstić information content (AvgIpc) is 2.53. The third-order valence-corrected chi connectivity index (χ3v) is 3.81. The van der Waals surface area contributed by atoms with Gasteiger partial charge in [0.1, 0.15) is 0 Å². The van der Waals surface area contributed by atoms with Crippen LogP contribution in [0.15, 0.2) is 18.2 Å². The monoisotopic (exact) mass is 331 g/mol. The minimum Gasteiger partial charge on any atom is -0.336 e. The quantitative estimate of drug-likeness (QED) is 0.630. The van der Waals surface area contributed by atoms with E-state index in [0.29, 0.717) is 38.3 Å². The van der Waals surface area contributed by atoms with Crippen LogP contribution in [0.2, 0.25) is 0 Å². The Morgan fingerprint density at radius 1 is 1.22 bits per heavy atom. The molecule has 1 saturated heterocycles. The van der Waals surface area contributed by atoms with Gasteiger partial charge in [-0.15, -0.1) is 0 Å². The number of hydrogen-bond donors (Lipinski definition) is 0. The smallest absolute Gasteiger partial charge is 0.336 e. The van der Waals surface area contributed by atoms with E-state index in [2.05, 4.69) is 4.90 Å². The molecular weight excluding hydrogens is 315 g/mol. The molecule has 9 heteroatoms. The number of nitro groups is 1. The van der Waals surface area contributed by atoms with Crippen LogP contribution in [-0.4, -0.2) is 53.4 Å². The van der Waals surface area contributed by atoms with Crippen molar-refractivity contribution in [3.8, 4) is 0 Å². The molecular formula is C14H16F3N3O3. The van der Waals surface area contributed by atoms with Crippen molar-refractivity contribution in [3.05, 3.63) is 39.4 Å². The summed E-state index contributed by atoms with van der Waals surface area (Å²) in [7, 11) is 0. The van der Waals surface area contributed by atoms with E-state index >= 15 is 0 Å². The Labute approximate surface area is 130 Å². The predicted octanol–water partition coefficient (Wildman–Crippen LogP) is 2.39. The zero-order valence-corrected chi connectivity index (χ0v) is 12.5. The third-order valence-electron chi connectivity index (χ3n) is 3.81. The molecule has 0 radical (unpaired) electrons. The van der Waals surface area contributed by atoms with Crippen LogP contribution in [0.5, 0.6) is 0 Å². The lowest BCUT2D eigenvalue weighted by molar-refractivity contribution is -0.385. The molecule has 0 aromatic heterocycles. The molecule has 1 heterocycles. The predicted molar refractivity (Wildman–Crippen MR) is 76.1 cm³/mol. The Morgan fingerprint density at radius 2 is 1.83 bits per heavy atom. The molecule has 1 amide bonds. The molecule has 0 N–H and O–H groups in total. The normalized spacial score (nSPS) is 16.4. The van der Waals surface area contributed by atoms with E-state index in [1.807, 2.05) is 6.92 Å². The topological polar surface area (TPSA) is 66.7 Å². The minimum atomic E-state index is -4.75. The summed E-state index contributed by atoms with van der Waals surface area (Å²) in [6.07, 6.45) is -4.75. The molecule has 2 rings (SSSR count). The summed E-state index contributed by atoms with van der Waals surface area (Å²) >= 11 is 0. The molecule has 0 atom stereocenters. The number of amides is 1. The van der Waals surface area contributed by atoms with Gasteiger partial charge in [0.2, 0.25) is 0 Å². The summed E-state index contributed by atoms with van der Waals surface area (Å²) in [5, 5.41) is 10.8. The number of carbonyl (C=O) groups is 1. The van der Waals surface area contributed by atoms with E-state index in [1.165, 1.54) is 4.90 Å². The van der Waals surface area contributed by atoms with E-state index in [0.717, 1.165) is 12.6 Å². The first-order valence-corrected chi connectivity index (χ1v) is 7.10. The highest BCUT2D eigenvalue weighted by Gasteiger charge is 2.34. The molecule has 0 saturated carbocycles. The van der Waals surface area contributed by atoms with Crippen molar-refractivity contribution in [2.24, 2.45) is 0 Å². The standard InChI is InChI=1S/C14H16F3N3O3/c1-2-18-3-5-19(6-4-18)13(21)10-7-11(14(15,16)17)9-12(8-10)20(22)23/h7-9H,2-6H2,1H3. The lowest BCUT2D eigenvalue weighted by Gasteiger charge is -2.34. The number of benzene rings is 1. The van der Waals surface area contributed by atoms with Crippen molar-refractivity contribution in [1.82, 2.24) is 9.80 Å². The lowest BCUT2D eigenvalue weighted by Crippen LogP contribution is -2.48. The highest BCUT2D eigenvalue weighted by Crippen LogP contribution is 2.33. The second-order valence-corrected chi connectivity index (χ2v) is 5.25. The molecule has 0 unspecified atom stereocenters. The minimum absolute atomic E-state index is 0.309. The number of carbonyl (C=O) groups excluding carboxylic acids is 1. The molecule has 0 bridgehead atoms. The van der Waals surface area contributed by atoms with Crippen LogP contribution >= 0.6 is 0 Å². The summed E-state index contributed by atoms with van der Waals surface area (Å²) in [4.78, 5) is 25.8. The van der Waals surface area contributed by atoms with Crippen molar-refractivity contribution in [3.63, 3.8) is 0 Å². The molecule has 23 heavy (non-hydrogen) atoms. The van der Waals surface area contributed by atoms with Gasteiger partial charge >= 0.3 is 6.18 Å². The number of rotatable bonds is 3. The van der Waals surface area contributed by atoms with Crippen molar-refractivity contribution in [2.45, 2.75) is 13.1 Å². The zero-order chi connectivity index (χ0) is 17.2. The second kappa shape index (κ2) is 6.53. The summed E-state index contributed by atoms with van der Waals surface area (Å²) in [5.41, 5.74) is -2.24. The van der Waals surface area contributed by atoms with Gasteiger partial charge < -0.3 is 9.80 Å². The van der Waals surface area contributed by atoms with Gasteiger partial charge in [-0.3, -0.25) is 14.9 Å². The van der Waals surface area contributed by atoms with E-state index in [-0.39, 0.29) is 5.56 Å². The van der Waals surface area contributed by atoms with E-state index in [9.17, 15) is 28.1 Å². The fourth-order valence-corrected chi connectivity index (χ4v) is 2.45. The largest absolute Gasteiger partial charge is 0.416 e. The van der Waals surface area contributed by atoms with Gasteiger partial charge in [-0.2, -0.15) is 13.2 Å². The van der Waals surface area contributed by atoms with Crippen LogP contribution in [0.3, 0.4) is 0 Å². The molecule has 6 nitrogen and oxygen atoms in total. The lowest BCUT2D eigenvalue weighted by atomic mass is 10.1. The van der Waals surface area contributed by atoms with Gasteiger partial charge in [0, 0.05) is 43.9 Å². The highest BCUT2D eigenvalue weighted by molar-refractivity contribution is 5.95. The number of piperazine rings is 1. The molecule has 1 aliphatic heterocycles. The maximum atomic E-state index is 12.9. The fraction of sp³-hybridized carbons (Fsp3) is 0.500. The van der Waals surface area contributed by atoms with Crippen molar-refractivity contribution < 1.29 is 22.9 Å². The summed E-state index contributed by atoms with van der Waals surface area (Å²) in [6, 6.07) is 2.00. The van der Waals surface area contributed by atoms with E-state index in [1.54, 1.807) is 0 Å². The van der Waals surface area contributed by atoms with E-state index < -0.39 is 28.3 Å². The van der Waals surface area contributed by atoms with Crippen molar-refractivity contribution >= 4 is 11.6 Å². The Hall–Kier alpha value is -2.16. The number of likely N-dealkylation sites (N-methyl/N-ethyl adjacent to an activating group) is 1. The van der Waals surface area contributed by atoms with Crippen molar-refractivity contribution in [2.75, 3.05) is 32.7 Å². The molecule has 126 valence electrons. The maximum Gasteiger partial charge on any atom is 0.416 e. The number of alkyl halides is 3. The van der Waals surface area contributed by atoms with Gasteiger partial charge in [-0.25, -0.2) is 0 Å². The number of nitro benzene ring substituents is 1. The first kappa shape index (κ1) is 17.2. The molecule has 0 spiro atoms. The highest BCUT2D eigenvalue weighted by atomic mass is 19.4. The van der Waals surface area contributed by atoms with Gasteiger partial charge in [-0.05, 0) is 12.6 Å². The van der Waals surface area contributed by atoms with Crippen LogP contribution in [-0.2, 0) is 6.18 Å². The first-order chi connectivity index (χ1) is 10.7. The summed E-state index contributed by atoms with van der Waals surface area (Å²) < 4.78 is 38.6. The van der Waals surface area contributed by atoms with Gasteiger partial charge in [0.15, 0.2) is 0 Å². The van der Waals surface area contributed by atoms with E-state index in [4.69, 9.17) is 0 Å². The van der Waals surface area contributed by atoms with Gasteiger partial charge in [0.05, 0.1) is 10.5 Å². The SMILES string of the molecule is CCN1CCN(C(=O)c2cc([N+](=O)[O-])cc(C(F)(F)F)c2)CC1. The first-order valence-electron chi connectivity index (χ1n) is 7.10. The molecule has 1 aromatic carbocycles. The number of hydrogen-bond acceptors (Lipinski definition) is 4. The maximum absolute atomic E-state index is 12.9. The van der Waals surface area contributed by atoms with Gasteiger partial charge in [-0.1, -0.05) is 6.92 Å². The fourth-order valence-electron chi connectivity index (χ4n) is 2.45. The van der Waals surface area contributed by atoms with Crippen LogP contribution in [0, 0.1) is 10.1 Å². The number of halogens is 3. The number of nitrogens with zero attached hydrogens (tertiary/aromatic N) is 3. The van der Waals surface area contributed by atoms with Crippen LogP contribution in [0.1, 0.15) is 22.8 Å². The molecule has 1 aliphatic rings. The summed E-state index contributed by atoms with van der Waals surface area (Å²) in [5.74, 6) is -0.616. The zero-order valence-electron chi connectivity index (χ0n) is 12.5.